The standard InChI is InChI=1S/C21H15NO2/c23-15-21-20(14-17-6-4-5-13-22(17)21)16-9-11-19(12-10-16)24-18-7-2-1-3-8-18/h1-15H. The van der Waals surface area contributed by atoms with Crippen LogP contribution < -0.4 is 4.74 Å². The molecule has 3 nitrogen and oxygen atoms in total. The van der Waals surface area contributed by atoms with Gasteiger partial charge in [-0.3, -0.25) is 4.79 Å². The number of carbonyl (C=O) groups excluding carboxylic acids is 1. The van der Waals surface area contributed by atoms with E-state index in [0.29, 0.717) is 5.69 Å². The van der Waals surface area contributed by atoms with E-state index in [-0.39, 0.29) is 0 Å². The van der Waals surface area contributed by atoms with Gasteiger partial charge in [0.1, 0.15) is 11.5 Å². The van der Waals surface area contributed by atoms with E-state index in [1.165, 1.54) is 0 Å². The van der Waals surface area contributed by atoms with E-state index in [9.17, 15) is 4.79 Å². The lowest BCUT2D eigenvalue weighted by Gasteiger charge is -2.06. The van der Waals surface area contributed by atoms with Gasteiger partial charge in [-0.05, 0) is 48.0 Å². The number of ether oxygens (including phenoxy) is 1. The van der Waals surface area contributed by atoms with Gasteiger partial charge in [-0.25, -0.2) is 0 Å². The Balaban J connectivity index is 1.69. The number of aromatic nitrogens is 1. The minimum Gasteiger partial charge on any atom is -0.457 e. The van der Waals surface area contributed by atoms with E-state index in [2.05, 4.69) is 0 Å². The van der Waals surface area contributed by atoms with Crippen LogP contribution in [0.2, 0.25) is 0 Å². The van der Waals surface area contributed by atoms with Crippen molar-refractivity contribution < 1.29 is 9.53 Å². The highest BCUT2D eigenvalue weighted by Crippen LogP contribution is 2.29. The maximum atomic E-state index is 11.5. The lowest BCUT2D eigenvalue weighted by molar-refractivity contribution is 0.111. The van der Waals surface area contributed by atoms with E-state index in [1.807, 2.05) is 89.5 Å². The summed E-state index contributed by atoms with van der Waals surface area (Å²) in [5, 5.41) is 0. The van der Waals surface area contributed by atoms with Gasteiger partial charge < -0.3 is 9.14 Å². The van der Waals surface area contributed by atoms with Gasteiger partial charge in [0.2, 0.25) is 0 Å². The highest BCUT2D eigenvalue weighted by molar-refractivity contribution is 5.89. The molecule has 0 amide bonds. The predicted molar refractivity (Wildman–Crippen MR) is 94.7 cm³/mol. The van der Waals surface area contributed by atoms with Gasteiger partial charge in [0.25, 0.3) is 0 Å². The summed E-state index contributed by atoms with van der Waals surface area (Å²) in [6.07, 6.45) is 2.80. The average molecular weight is 313 g/mol. The molecule has 0 bridgehead atoms. The largest absolute Gasteiger partial charge is 0.457 e. The third kappa shape index (κ3) is 2.57. The molecule has 0 atom stereocenters. The van der Waals surface area contributed by atoms with Crippen LogP contribution in [0.25, 0.3) is 16.6 Å². The molecule has 0 N–H and O–H groups in total. The van der Waals surface area contributed by atoms with Crippen molar-refractivity contribution in [2.24, 2.45) is 0 Å². The average Bonchev–Trinajstić information content (AvgIpc) is 3.02. The van der Waals surface area contributed by atoms with Crippen molar-refractivity contribution in [3.8, 4) is 22.6 Å². The second kappa shape index (κ2) is 6.05. The molecule has 2 aromatic carbocycles. The molecule has 0 spiro atoms. The zero-order valence-electron chi connectivity index (χ0n) is 12.9. The monoisotopic (exact) mass is 313 g/mol. The van der Waals surface area contributed by atoms with Gasteiger partial charge in [0.15, 0.2) is 6.29 Å². The summed E-state index contributed by atoms with van der Waals surface area (Å²) in [5.41, 5.74) is 3.56. The normalized spacial score (nSPS) is 10.7. The molecule has 0 aliphatic carbocycles. The van der Waals surface area contributed by atoms with Crippen LogP contribution in [0.5, 0.6) is 11.5 Å². The second-order valence-corrected chi connectivity index (χ2v) is 5.50. The maximum absolute atomic E-state index is 11.5. The molecule has 2 aromatic heterocycles. The van der Waals surface area contributed by atoms with Gasteiger partial charge in [0, 0.05) is 17.3 Å². The summed E-state index contributed by atoms with van der Waals surface area (Å²) in [6.45, 7) is 0. The van der Waals surface area contributed by atoms with Gasteiger partial charge in [0.05, 0.1) is 5.69 Å². The van der Waals surface area contributed by atoms with Crippen LogP contribution in [0.4, 0.5) is 0 Å². The summed E-state index contributed by atoms with van der Waals surface area (Å²) in [7, 11) is 0. The molecule has 4 rings (SSSR count). The Bertz CT molecular complexity index is 985. The fourth-order valence-corrected chi connectivity index (χ4v) is 2.82. The van der Waals surface area contributed by atoms with Crippen molar-refractivity contribution in [1.29, 1.82) is 0 Å². The van der Waals surface area contributed by atoms with E-state index in [1.54, 1.807) is 0 Å². The zero-order chi connectivity index (χ0) is 16.4. The molecular formula is C21H15NO2. The number of fused-ring (bicyclic) bond motifs is 1. The Labute approximate surface area is 139 Å². The molecule has 0 radical (unpaired) electrons. The number of carbonyl (C=O) groups is 1. The van der Waals surface area contributed by atoms with Gasteiger partial charge in [-0.1, -0.05) is 36.4 Å². The van der Waals surface area contributed by atoms with Crippen molar-refractivity contribution in [2.45, 2.75) is 0 Å². The summed E-state index contributed by atoms with van der Waals surface area (Å²) < 4.78 is 7.71. The number of benzene rings is 2. The molecule has 0 unspecified atom stereocenters. The maximum Gasteiger partial charge on any atom is 0.167 e. The van der Waals surface area contributed by atoms with E-state index < -0.39 is 0 Å². The van der Waals surface area contributed by atoms with Gasteiger partial charge >= 0.3 is 0 Å². The van der Waals surface area contributed by atoms with Gasteiger partial charge in [-0.15, -0.1) is 0 Å². The van der Waals surface area contributed by atoms with Crippen LogP contribution in [0, 0.1) is 0 Å². The molecule has 0 saturated carbocycles. The first kappa shape index (κ1) is 14.3. The van der Waals surface area contributed by atoms with E-state index >= 15 is 0 Å². The second-order valence-electron chi connectivity index (χ2n) is 5.50. The van der Waals surface area contributed by atoms with Crippen LogP contribution in [0.1, 0.15) is 10.5 Å². The Hall–Kier alpha value is -3.33. The lowest BCUT2D eigenvalue weighted by Crippen LogP contribution is -1.91. The lowest BCUT2D eigenvalue weighted by atomic mass is 10.1. The molecule has 2 heterocycles. The fraction of sp³-hybridized carbons (Fsp3) is 0. The number of para-hydroxylation sites is 1. The molecule has 4 aromatic rings. The predicted octanol–water partition coefficient (Wildman–Crippen LogP) is 5.21. The molecule has 24 heavy (non-hydrogen) atoms. The van der Waals surface area contributed by atoms with Crippen molar-refractivity contribution >= 4 is 11.8 Å². The molecule has 0 fully saturated rings. The van der Waals surface area contributed by atoms with E-state index in [0.717, 1.165) is 34.4 Å². The van der Waals surface area contributed by atoms with Crippen LogP contribution in [-0.2, 0) is 0 Å². The van der Waals surface area contributed by atoms with Crippen molar-refractivity contribution in [3.05, 3.63) is 90.8 Å². The van der Waals surface area contributed by atoms with Crippen molar-refractivity contribution in [2.75, 3.05) is 0 Å². The molecule has 0 saturated heterocycles. The highest BCUT2D eigenvalue weighted by Gasteiger charge is 2.11. The number of hydrogen-bond acceptors (Lipinski definition) is 2. The highest BCUT2D eigenvalue weighted by atomic mass is 16.5. The Morgan fingerprint density at radius 2 is 1.50 bits per heavy atom. The van der Waals surface area contributed by atoms with Crippen LogP contribution in [0.15, 0.2) is 85.1 Å². The first-order valence-electron chi connectivity index (χ1n) is 7.74. The first-order chi connectivity index (χ1) is 11.8. The summed E-state index contributed by atoms with van der Waals surface area (Å²) in [4.78, 5) is 11.5. The molecule has 116 valence electrons. The minimum atomic E-state index is 0.655. The first-order valence-corrected chi connectivity index (χ1v) is 7.74. The zero-order valence-corrected chi connectivity index (χ0v) is 12.9. The number of nitrogens with zero attached hydrogens (tertiary/aromatic N) is 1. The number of hydrogen-bond donors (Lipinski definition) is 0. The van der Waals surface area contributed by atoms with Crippen LogP contribution in [-0.4, -0.2) is 10.7 Å². The number of pyridine rings is 1. The summed E-state index contributed by atoms with van der Waals surface area (Å²) >= 11 is 0. The quantitative estimate of drug-likeness (QED) is 0.484. The molecule has 0 aliphatic rings. The Morgan fingerprint density at radius 1 is 0.792 bits per heavy atom. The van der Waals surface area contributed by atoms with Crippen molar-refractivity contribution in [1.82, 2.24) is 4.40 Å². The summed E-state index contributed by atoms with van der Waals surface area (Å²) in [5.74, 6) is 1.56. The third-order valence-electron chi connectivity index (χ3n) is 3.97. The minimum absolute atomic E-state index is 0.655. The number of aldehydes is 1. The smallest absolute Gasteiger partial charge is 0.167 e. The third-order valence-corrected chi connectivity index (χ3v) is 3.97. The molecular weight excluding hydrogens is 298 g/mol. The summed E-state index contributed by atoms with van der Waals surface area (Å²) in [6, 6.07) is 25.3. The molecule has 3 heteroatoms. The van der Waals surface area contributed by atoms with Crippen LogP contribution >= 0.6 is 0 Å². The molecule has 0 aliphatic heterocycles. The Morgan fingerprint density at radius 3 is 2.25 bits per heavy atom. The fourth-order valence-electron chi connectivity index (χ4n) is 2.82. The SMILES string of the molecule is O=Cc1c(-c2ccc(Oc3ccccc3)cc2)cc2ccccn12. The van der Waals surface area contributed by atoms with Crippen molar-refractivity contribution in [3.63, 3.8) is 0 Å². The van der Waals surface area contributed by atoms with E-state index in [4.69, 9.17) is 4.74 Å². The number of rotatable bonds is 4. The van der Waals surface area contributed by atoms with Crippen LogP contribution in [0.3, 0.4) is 0 Å². The Kier molecular flexibility index (Phi) is 3.60. The van der Waals surface area contributed by atoms with Gasteiger partial charge in [-0.2, -0.15) is 0 Å². The topological polar surface area (TPSA) is 30.7 Å².